The molecular formula is C23H32O4. The second kappa shape index (κ2) is 14.5. The fourth-order valence-corrected chi connectivity index (χ4v) is 2.45. The lowest BCUT2D eigenvalue weighted by Gasteiger charge is -2.08. The number of benzene rings is 1. The van der Waals surface area contributed by atoms with Gasteiger partial charge in [-0.05, 0) is 37.8 Å². The molecule has 0 unspecified atom stereocenters. The Morgan fingerprint density at radius 3 is 2.04 bits per heavy atom. The first-order chi connectivity index (χ1) is 12.9. The van der Waals surface area contributed by atoms with Crippen molar-refractivity contribution in [1.29, 1.82) is 0 Å². The van der Waals surface area contributed by atoms with Crippen molar-refractivity contribution >= 4 is 18.0 Å². The summed E-state index contributed by atoms with van der Waals surface area (Å²) in [6.45, 7) is 9.07. The molecular weight excluding hydrogens is 340 g/mol. The number of allylic oxidation sites excluding steroid dienone is 1. The van der Waals surface area contributed by atoms with Gasteiger partial charge in [-0.25, -0.2) is 9.59 Å². The molecule has 0 fully saturated rings. The molecule has 27 heavy (non-hydrogen) atoms. The maximum absolute atomic E-state index is 11.3. The van der Waals surface area contributed by atoms with E-state index in [9.17, 15) is 14.7 Å². The third-order valence-electron chi connectivity index (χ3n) is 4.10. The van der Waals surface area contributed by atoms with Crippen molar-refractivity contribution in [3.63, 3.8) is 0 Å². The minimum Gasteiger partial charge on any atom is -0.478 e. The van der Waals surface area contributed by atoms with Gasteiger partial charge in [0.25, 0.3) is 0 Å². The number of unbranched alkanes of at least 4 members (excludes halogenated alkanes) is 3. The largest absolute Gasteiger partial charge is 0.478 e. The predicted octanol–water partition coefficient (Wildman–Crippen LogP) is 6.11. The Kier molecular flexibility index (Phi) is 13.1. The normalized spacial score (nSPS) is 11.7. The lowest BCUT2D eigenvalue weighted by atomic mass is 9.97. The molecule has 1 aromatic carbocycles. The summed E-state index contributed by atoms with van der Waals surface area (Å²) in [6, 6.07) is 10.0. The van der Waals surface area contributed by atoms with Crippen molar-refractivity contribution in [2.75, 3.05) is 0 Å². The van der Waals surface area contributed by atoms with Gasteiger partial charge < -0.3 is 10.2 Å². The van der Waals surface area contributed by atoms with Gasteiger partial charge in [-0.15, -0.1) is 0 Å². The zero-order valence-electron chi connectivity index (χ0n) is 16.7. The number of carboxylic acid groups (broad SMARTS) is 2. The highest BCUT2D eigenvalue weighted by atomic mass is 16.4. The molecule has 0 radical (unpaired) electrons. The standard InChI is InChI=1S/C15H24O4.C8H8/c1-4-6-7-8-9-12(5-2)13(15(18)19)10-11(3)14(16)17;1-2-8-6-4-3-5-7-8/h10H,4-9H2,1-3H3,(H,16,17)(H,18,19);2-7H,1H2. The summed E-state index contributed by atoms with van der Waals surface area (Å²) in [7, 11) is 0. The van der Waals surface area contributed by atoms with Crippen LogP contribution in [0.3, 0.4) is 0 Å². The summed E-state index contributed by atoms with van der Waals surface area (Å²) < 4.78 is 0. The molecule has 4 nitrogen and oxygen atoms in total. The van der Waals surface area contributed by atoms with Gasteiger partial charge in [0, 0.05) is 5.57 Å². The van der Waals surface area contributed by atoms with Gasteiger partial charge in [-0.3, -0.25) is 0 Å². The highest BCUT2D eigenvalue weighted by Gasteiger charge is 2.13. The van der Waals surface area contributed by atoms with Gasteiger partial charge in [0.2, 0.25) is 0 Å². The number of rotatable bonds is 10. The maximum atomic E-state index is 11.3. The molecule has 0 heterocycles. The number of carboxylic acids is 2. The molecule has 0 saturated carbocycles. The van der Waals surface area contributed by atoms with Crippen LogP contribution in [-0.4, -0.2) is 22.2 Å². The highest BCUT2D eigenvalue weighted by molar-refractivity contribution is 5.95. The molecule has 0 saturated heterocycles. The smallest absolute Gasteiger partial charge is 0.335 e. The number of hydrogen-bond donors (Lipinski definition) is 2. The van der Waals surface area contributed by atoms with E-state index in [1.54, 1.807) is 0 Å². The van der Waals surface area contributed by atoms with Crippen molar-refractivity contribution in [2.45, 2.75) is 59.3 Å². The van der Waals surface area contributed by atoms with E-state index >= 15 is 0 Å². The monoisotopic (exact) mass is 372 g/mol. The van der Waals surface area contributed by atoms with Crippen molar-refractivity contribution in [3.8, 4) is 0 Å². The summed E-state index contributed by atoms with van der Waals surface area (Å²) in [5.41, 5.74) is 2.19. The van der Waals surface area contributed by atoms with Crippen LogP contribution in [0.1, 0.15) is 64.9 Å². The van der Waals surface area contributed by atoms with Crippen LogP contribution in [0.5, 0.6) is 0 Å². The quantitative estimate of drug-likeness (QED) is 0.295. The number of hydrogen-bond acceptors (Lipinski definition) is 2. The number of aliphatic carboxylic acids is 2. The topological polar surface area (TPSA) is 74.6 Å². The molecule has 1 aromatic rings. The Morgan fingerprint density at radius 1 is 1.00 bits per heavy atom. The van der Waals surface area contributed by atoms with E-state index in [-0.39, 0.29) is 11.1 Å². The Balaban J connectivity index is 0.000000694. The van der Waals surface area contributed by atoms with Crippen LogP contribution >= 0.6 is 0 Å². The first-order valence-electron chi connectivity index (χ1n) is 9.41. The molecule has 0 spiro atoms. The summed E-state index contributed by atoms with van der Waals surface area (Å²) in [6.07, 6.45) is 8.77. The van der Waals surface area contributed by atoms with E-state index in [0.29, 0.717) is 6.42 Å². The average molecular weight is 373 g/mol. The van der Waals surface area contributed by atoms with Crippen LogP contribution in [0, 0.1) is 0 Å². The molecule has 0 aromatic heterocycles. The second-order valence-corrected chi connectivity index (χ2v) is 6.23. The van der Waals surface area contributed by atoms with Gasteiger partial charge in [0.05, 0.1) is 5.57 Å². The fraction of sp³-hybridized carbons (Fsp3) is 0.391. The minimum absolute atomic E-state index is 0.0527. The molecule has 0 bridgehead atoms. The van der Waals surface area contributed by atoms with E-state index in [1.807, 2.05) is 43.3 Å². The third-order valence-corrected chi connectivity index (χ3v) is 4.10. The van der Waals surface area contributed by atoms with Crippen molar-refractivity contribution in [3.05, 3.63) is 65.3 Å². The third kappa shape index (κ3) is 10.9. The molecule has 0 amide bonds. The molecule has 0 aliphatic rings. The van der Waals surface area contributed by atoms with Crippen LogP contribution in [0.2, 0.25) is 0 Å². The molecule has 148 valence electrons. The van der Waals surface area contributed by atoms with Crippen molar-refractivity contribution in [1.82, 2.24) is 0 Å². The molecule has 2 N–H and O–H groups in total. The Bertz CT molecular complexity index is 654. The lowest BCUT2D eigenvalue weighted by molar-refractivity contribution is -0.132. The zero-order valence-corrected chi connectivity index (χ0v) is 16.7. The second-order valence-electron chi connectivity index (χ2n) is 6.23. The maximum Gasteiger partial charge on any atom is 0.335 e. The summed E-state index contributed by atoms with van der Waals surface area (Å²) in [4.78, 5) is 22.0. The molecule has 0 atom stereocenters. The predicted molar refractivity (Wildman–Crippen MR) is 112 cm³/mol. The van der Waals surface area contributed by atoms with Gasteiger partial charge in [-0.2, -0.15) is 0 Å². The summed E-state index contributed by atoms with van der Waals surface area (Å²) in [5.74, 6) is -2.13. The van der Waals surface area contributed by atoms with Gasteiger partial charge in [0.15, 0.2) is 0 Å². The van der Waals surface area contributed by atoms with Crippen LogP contribution in [0.25, 0.3) is 6.08 Å². The van der Waals surface area contributed by atoms with Crippen LogP contribution in [-0.2, 0) is 9.59 Å². The van der Waals surface area contributed by atoms with Gasteiger partial charge in [-0.1, -0.05) is 81.7 Å². The summed E-state index contributed by atoms with van der Waals surface area (Å²) in [5, 5.41) is 18.0. The minimum atomic E-state index is -1.08. The lowest BCUT2D eigenvalue weighted by Crippen LogP contribution is -2.06. The highest BCUT2D eigenvalue weighted by Crippen LogP contribution is 2.20. The van der Waals surface area contributed by atoms with Crippen LogP contribution in [0.15, 0.2) is 59.7 Å². The van der Waals surface area contributed by atoms with E-state index in [1.165, 1.54) is 18.6 Å². The Hall–Kier alpha value is -2.62. The molecule has 1 rings (SSSR count). The van der Waals surface area contributed by atoms with E-state index < -0.39 is 11.9 Å². The molecule has 0 aliphatic carbocycles. The molecule has 0 aliphatic heterocycles. The van der Waals surface area contributed by atoms with Crippen LogP contribution in [0.4, 0.5) is 0 Å². The first kappa shape index (κ1) is 24.4. The van der Waals surface area contributed by atoms with E-state index in [0.717, 1.165) is 37.7 Å². The molecule has 4 heteroatoms. The fourth-order valence-electron chi connectivity index (χ4n) is 2.45. The summed E-state index contributed by atoms with van der Waals surface area (Å²) >= 11 is 0. The first-order valence-corrected chi connectivity index (χ1v) is 9.41. The number of carbonyl (C=O) groups is 2. The average Bonchev–Trinajstić information content (AvgIpc) is 2.67. The SMILES string of the molecule is C=Cc1ccccc1.CCCCCCC(CC)=C(C=C(C)C(=O)O)C(=O)O. The van der Waals surface area contributed by atoms with Crippen LogP contribution < -0.4 is 0 Å². The van der Waals surface area contributed by atoms with Crippen molar-refractivity contribution in [2.24, 2.45) is 0 Å². The Labute approximate surface area is 162 Å². The van der Waals surface area contributed by atoms with E-state index in [4.69, 9.17) is 5.11 Å². The van der Waals surface area contributed by atoms with Gasteiger partial charge >= 0.3 is 11.9 Å². The van der Waals surface area contributed by atoms with Crippen molar-refractivity contribution < 1.29 is 19.8 Å². The van der Waals surface area contributed by atoms with E-state index in [2.05, 4.69) is 13.5 Å². The van der Waals surface area contributed by atoms with Gasteiger partial charge in [0.1, 0.15) is 0 Å². The zero-order chi connectivity index (χ0) is 20.7. The Morgan fingerprint density at radius 2 is 1.63 bits per heavy atom.